The van der Waals surface area contributed by atoms with Gasteiger partial charge in [-0.15, -0.1) is 0 Å². The molecule has 0 radical (unpaired) electrons. The van der Waals surface area contributed by atoms with E-state index in [0.717, 1.165) is 11.1 Å². The SMILES string of the molecule is Cc1cc(C)c2oc3c(c(=O)c2c1)C(c1cccc(O)c1)N(CCCOC(C)C)C3=O. The van der Waals surface area contributed by atoms with E-state index in [4.69, 9.17) is 9.15 Å². The van der Waals surface area contributed by atoms with Crippen LogP contribution in [-0.2, 0) is 4.74 Å². The van der Waals surface area contributed by atoms with E-state index in [-0.39, 0.29) is 28.9 Å². The van der Waals surface area contributed by atoms with Gasteiger partial charge >= 0.3 is 0 Å². The maximum Gasteiger partial charge on any atom is 0.290 e. The largest absolute Gasteiger partial charge is 0.508 e. The van der Waals surface area contributed by atoms with E-state index in [1.54, 1.807) is 29.2 Å². The molecule has 1 N–H and O–H groups in total. The Kier molecular flexibility index (Phi) is 5.58. The van der Waals surface area contributed by atoms with Crippen molar-refractivity contribution in [3.05, 3.63) is 74.6 Å². The lowest BCUT2D eigenvalue weighted by atomic mass is 9.97. The number of hydrogen-bond acceptors (Lipinski definition) is 5. The summed E-state index contributed by atoms with van der Waals surface area (Å²) in [5.74, 6) is -0.146. The summed E-state index contributed by atoms with van der Waals surface area (Å²) in [5, 5.41) is 10.5. The van der Waals surface area contributed by atoms with Crippen LogP contribution < -0.4 is 5.43 Å². The highest BCUT2D eigenvalue weighted by Crippen LogP contribution is 2.39. The van der Waals surface area contributed by atoms with Crippen LogP contribution in [0.3, 0.4) is 0 Å². The molecule has 4 rings (SSSR count). The maximum atomic E-state index is 13.6. The van der Waals surface area contributed by atoms with Crippen molar-refractivity contribution in [2.45, 2.75) is 46.3 Å². The highest BCUT2D eigenvalue weighted by atomic mass is 16.5. The Hall–Kier alpha value is -3.12. The van der Waals surface area contributed by atoms with Gasteiger partial charge in [-0.25, -0.2) is 0 Å². The number of fused-ring (bicyclic) bond motifs is 2. The molecule has 1 unspecified atom stereocenters. The van der Waals surface area contributed by atoms with Crippen LogP contribution in [0.2, 0.25) is 0 Å². The molecule has 2 heterocycles. The van der Waals surface area contributed by atoms with Gasteiger partial charge in [0.05, 0.1) is 23.1 Å². The molecule has 0 spiro atoms. The van der Waals surface area contributed by atoms with Crippen LogP contribution in [0, 0.1) is 13.8 Å². The molecule has 6 heteroatoms. The number of carbonyl (C=O) groups is 1. The summed E-state index contributed by atoms with van der Waals surface area (Å²) in [6.07, 6.45) is 0.729. The Labute approximate surface area is 181 Å². The van der Waals surface area contributed by atoms with E-state index in [1.807, 2.05) is 39.8 Å². The molecule has 0 bridgehead atoms. The summed E-state index contributed by atoms with van der Waals surface area (Å²) in [5.41, 5.74) is 3.03. The lowest BCUT2D eigenvalue weighted by Crippen LogP contribution is -2.31. The van der Waals surface area contributed by atoms with Crippen LogP contribution in [0.1, 0.15) is 59.1 Å². The van der Waals surface area contributed by atoms with Crippen LogP contribution in [0.4, 0.5) is 0 Å². The molecule has 1 aromatic heterocycles. The van der Waals surface area contributed by atoms with Crippen molar-refractivity contribution in [1.82, 2.24) is 4.90 Å². The van der Waals surface area contributed by atoms with Crippen molar-refractivity contribution < 1.29 is 19.1 Å². The van der Waals surface area contributed by atoms with Gasteiger partial charge in [-0.05, 0) is 69.0 Å². The van der Waals surface area contributed by atoms with Crippen LogP contribution in [-0.4, -0.2) is 35.2 Å². The van der Waals surface area contributed by atoms with Gasteiger partial charge in [-0.2, -0.15) is 0 Å². The highest BCUT2D eigenvalue weighted by molar-refractivity contribution is 5.99. The first-order valence-electron chi connectivity index (χ1n) is 10.6. The van der Waals surface area contributed by atoms with Crippen LogP contribution in [0.25, 0.3) is 11.0 Å². The van der Waals surface area contributed by atoms with Gasteiger partial charge in [0.1, 0.15) is 11.3 Å². The van der Waals surface area contributed by atoms with E-state index in [9.17, 15) is 14.7 Å². The average Bonchev–Trinajstić information content (AvgIpc) is 2.98. The van der Waals surface area contributed by atoms with Crippen LogP contribution in [0.15, 0.2) is 45.6 Å². The third kappa shape index (κ3) is 3.83. The molecule has 3 aromatic rings. The predicted molar refractivity (Wildman–Crippen MR) is 119 cm³/mol. The number of ether oxygens (including phenoxy) is 1. The van der Waals surface area contributed by atoms with Crippen LogP contribution in [0.5, 0.6) is 5.75 Å². The summed E-state index contributed by atoms with van der Waals surface area (Å²) in [4.78, 5) is 28.6. The molecular formula is C25H27NO5. The first-order valence-corrected chi connectivity index (χ1v) is 10.6. The first-order chi connectivity index (χ1) is 14.8. The van der Waals surface area contributed by atoms with Crippen molar-refractivity contribution in [3.63, 3.8) is 0 Å². The standard InChI is InChI=1S/C25H27NO5/c1-14(2)30-10-6-9-26-21(17-7-5-8-18(27)13-17)20-22(28)19-12-15(3)11-16(4)23(19)31-24(20)25(26)29/h5,7-8,11-14,21,27H,6,9-10H2,1-4H3. The molecule has 0 saturated carbocycles. The normalized spacial score (nSPS) is 15.8. The molecule has 0 fully saturated rings. The van der Waals surface area contributed by atoms with Crippen molar-refractivity contribution >= 4 is 16.9 Å². The molecule has 1 amide bonds. The number of amides is 1. The van der Waals surface area contributed by atoms with E-state index < -0.39 is 6.04 Å². The van der Waals surface area contributed by atoms with Crippen LogP contribution >= 0.6 is 0 Å². The number of phenols is 1. The van der Waals surface area contributed by atoms with Crippen molar-refractivity contribution in [1.29, 1.82) is 0 Å². The molecule has 0 aliphatic carbocycles. The van der Waals surface area contributed by atoms with Gasteiger partial charge in [-0.3, -0.25) is 9.59 Å². The number of rotatable bonds is 6. The molecule has 31 heavy (non-hydrogen) atoms. The molecule has 1 atom stereocenters. The van der Waals surface area contributed by atoms with Gasteiger partial charge in [0.25, 0.3) is 5.91 Å². The zero-order chi connectivity index (χ0) is 22.3. The van der Waals surface area contributed by atoms with Gasteiger partial charge in [0.15, 0.2) is 5.43 Å². The van der Waals surface area contributed by atoms with Crippen molar-refractivity contribution in [2.24, 2.45) is 0 Å². The summed E-state index contributed by atoms with van der Waals surface area (Å²) in [6.45, 7) is 8.64. The lowest BCUT2D eigenvalue weighted by Gasteiger charge is -2.25. The fourth-order valence-electron chi connectivity index (χ4n) is 4.30. The first kappa shape index (κ1) is 21.1. The zero-order valence-corrected chi connectivity index (χ0v) is 18.3. The van der Waals surface area contributed by atoms with Crippen molar-refractivity contribution in [2.75, 3.05) is 13.2 Å². The summed E-state index contributed by atoms with van der Waals surface area (Å²) in [6, 6.07) is 9.81. The summed E-state index contributed by atoms with van der Waals surface area (Å²) < 4.78 is 11.7. The Morgan fingerprint density at radius 2 is 1.94 bits per heavy atom. The van der Waals surface area contributed by atoms with E-state index in [2.05, 4.69) is 0 Å². The number of aromatic hydroxyl groups is 1. The Balaban J connectivity index is 1.86. The Bertz CT molecular complexity index is 1210. The highest BCUT2D eigenvalue weighted by Gasteiger charge is 2.42. The third-order valence-electron chi connectivity index (χ3n) is 5.58. The minimum absolute atomic E-state index is 0.0818. The second kappa shape index (κ2) is 8.19. The number of nitrogens with zero attached hydrogens (tertiary/aromatic N) is 1. The fraction of sp³-hybridized carbons (Fsp3) is 0.360. The van der Waals surface area contributed by atoms with Gasteiger partial charge < -0.3 is 19.2 Å². The Morgan fingerprint density at radius 3 is 2.65 bits per heavy atom. The second-order valence-electron chi connectivity index (χ2n) is 8.40. The predicted octanol–water partition coefficient (Wildman–Crippen LogP) is 4.48. The number of benzene rings is 2. The average molecular weight is 421 g/mol. The molecule has 0 saturated heterocycles. The molecule has 1 aliphatic heterocycles. The van der Waals surface area contributed by atoms with E-state index >= 15 is 0 Å². The molecule has 1 aliphatic rings. The molecule has 162 valence electrons. The Morgan fingerprint density at radius 1 is 1.16 bits per heavy atom. The minimum atomic E-state index is -0.616. The second-order valence-corrected chi connectivity index (χ2v) is 8.40. The molecule has 6 nitrogen and oxygen atoms in total. The van der Waals surface area contributed by atoms with Crippen molar-refractivity contribution in [3.8, 4) is 5.75 Å². The lowest BCUT2D eigenvalue weighted by molar-refractivity contribution is 0.0593. The van der Waals surface area contributed by atoms with Gasteiger partial charge in [0, 0.05) is 13.2 Å². The molecular weight excluding hydrogens is 394 g/mol. The maximum absolute atomic E-state index is 13.6. The number of carbonyl (C=O) groups excluding carboxylic acids is 1. The number of hydrogen-bond donors (Lipinski definition) is 1. The van der Waals surface area contributed by atoms with E-state index in [1.165, 1.54) is 0 Å². The zero-order valence-electron chi connectivity index (χ0n) is 18.3. The van der Waals surface area contributed by atoms with E-state index in [0.29, 0.717) is 41.7 Å². The van der Waals surface area contributed by atoms with Gasteiger partial charge in [-0.1, -0.05) is 18.2 Å². The summed E-state index contributed by atoms with van der Waals surface area (Å²) >= 11 is 0. The monoisotopic (exact) mass is 421 g/mol. The number of aryl methyl sites for hydroxylation is 2. The fourth-order valence-corrected chi connectivity index (χ4v) is 4.30. The third-order valence-corrected chi connectivity index (χ3v) is 5.58. The topological polar surface area (TPSA) is 80.0 Å². The number of phenolic OH excluding ortho intramolecular Hbond substituents is 1. The summed E-state index contributed by atoms with van der Waals surface area (Å²) in [7, 11) is 0. The molecule has 2 aromatic carbocycles. The van der Waals surface area contributed by atoms with Gasteiger partial charge in [0.2, 0.25) is 5.76 Å². The minimum Gasteiger partial charge on any atom is -0.508 e. The quantitative estimate of drug-likeness (QED) is 0.594. The smallest absolute Gasteiger partial charge is 0.290 e.